The second kappa shape index (κ2) is 8.51. The van der Waals surface area contributed by atoms with Crippen LogP contribution in [0.1, 0.15) is 32.1 Å². The van der Waals surface area contributed by atoms with E-state index in [2.05, 4.69) is 14.9 Å². The van der Waals surface area contributed by atoms with Crippen LogP contribution in [0.5, 0.6) is 0 Å². The number of carbonyl (C=O) groups excluding carboxylic acids is 2. The lowest BCUT2D eigenvalue weighted by Gasteiger charge is -2.11. The summed E-state index contributed by atoms with van der Waals surface area (Å²) in [5.74, 6) is 0.396. The summed E-state index contributed by atoms with van der Waals surface area (Å²) >= 11 is 5.91. The molecule has 0 saturated carbocycles. The van der Waals surface area contributed by atoms with Crippen LogP contribution in [0.3, 0.4) is 0 Å². The summed E-state index contributed by atoms with van der Waals surface area (Å²) in [4.78, 5) is 30.3. The minimum atomic E-state index is -0.282. The van der Waals surface area contributed by atoms with E-state index in [1.165, 1.54) is 0 Å². The Labute approximate surface area is 179 Å². The molecule has 6 heteroatoms. The van der Waals surface area contributed by atoms with Crippen LogP contribution in [0.15, 0.2) is 72.8 Å². The van der Waals surface area contributed by atoms with E-state index in [0.717, 1.165) is 16.9 Å². The molecule has 0 radical (unpaired) electrons. The van der Waals surface area contributed by atoms with Crippen molar-refractivity contribution in [2.45, 2.75) is 13.5 Å². The maximum atomic E-state index is 12.9. The van der Waals surface area contributed by atoms with Crippen molar-refractivity contribution in [3.63, 3.8) is 0 Å². The molecule has 3 aromatic carbocycles. The smallest absolute Gasteiger partial charge is 0.252 e. The summed E-state index contributed by atoms with van der Waals surface area (Å²) in [6, 6.07) is 21.4. The fraction of sp³-hybridized carbons (Fsp3) is 0.125. The Morgan fingerprint density at radius 3 is 2.37 bits per heavy atom. The molecule has 0 bridgehead atoms. The molecule has 0 unspecified atom stereocenters. The van der Waals surface area contributed by atoms with Gasteiger partial charge in [-0.15, -0.1) is 0 Å². The molecule has 1 N–H and O–H groups in total. The van der Waals surface area contributed by atoms with Gasteiger partial charge < -0.3 is 9.88 Å². The Bertz CT molecular complexity index is 1230. The molecule has 5 nitrogen and oxygen atoms in total. The highest BCUT2D eigenvalue weighted by Crippen LogP contribution is 2.18. The number of nitrogens with zero attached hydrogens (tertiary/aromatic N) is 2. The summed E-state index contributed by atoms with van der Waals surface area (Å²) in [5, 5.41) is 3.48. The molecule has 0 aliphatic heterocycles. The molecule has 0 atom stereocenters. The van der Waals surface area contributed by atoms with Crippen LogP contribution in [-0.2, 0) is 6.54 Å². The number of amides is 1. The molecule has 30 heavy (non-hydrogen) atoms. The van der Waals surface area contributed by atoms with Gasteiger partial charge in [0.2, 0.25) is 0 Å². The first-order chi connectivity index (χ1) is 14.5. The van der Waals surface area contributed by atoms with E-state index < -0.39 is 0 Å². The van der Waals surface area contributed by atoms with Gasteiger partial charge >= 0.3 is 0 Å². The average molecular weight is 418 g/mol. The molecule has 0 aliphatic carbocycles. The van der Waals surface area contributed by atoms with E-state index in [0.29, 0.717) is 34.8 Å². The number of hydrogen-bond donors (Lipinski definition) is 1. The standard InChI is InChI=1S/C24H20ClN3O2/c1-16-27-21-8-4-5-9-22(21)28(16)15-14-26-24(30)20-7-3-2-6-19(20)23(29)17-10-12-18(25)13-11-17/h2-13H,14-15H2,1H3,(H,26,30). The number of hydrogen-bond acceptors (Lipinski definition) is 3. The van der Waals surface area contributed by atoms with Crippen molar-refractivity contribution in [2.24, 2.45) is 0 Å². The summed E-state index contributed by atoms with van der Waals surface area (Å²) in [6.07, 6.45) is 0. The first kappa shape index (κ1) is 19.9. The Morgan fingerprint density at radius 1 is 0.933 bits per heavy atom. The molecule has 0 fully saturated rings. The Balaban J connectivity index is 1.49. The van der Waals surface area contributed by atoms with E-state index >= 15 is 0 Å². The van der Waals surface area contributed by atoms with Crippen molar-refractivity contribution in [3.8, 4) is 0 Å². The molecule has 1 heterocycles. The van der Waals surface area contributed by atoms with Crippen molar-refractivity contribution in [3.05, 3.63) is 100 Å². The number of aryl methyl sites for hydroxylation is 1. The number of nitrogens with one attached hydrogen (secondary N) is 1. The SMILES string of the molecule is Cc1nc2ccccc2n1CCNC(=O)c1ccccc1C(=O)c1ccc(Cl)cc1. The minimum absolute atomic E-state index is 0.214. The fourth-order valence-corrected chi connectivity index (χ4v) is 3.62. The highest BCUT2D eigenvalue weighted by atomic mass is 35.5. The van der Waals surface area contributed by atoms with Crippen molar-refractivity contribution in [1.82, 2.24) is 14.9 Å². The van der Waals surface area contributed by atoms with E-state index in [9.17, 15) is 9.59 Å². The van der Waals surface area contributed by atoms with Crippen molar-refractivity contribution < 1.29 is 9.59 Å². The van der Waals surface area contributed by atoms with Crippen LogP contribution < -0.4 is 5.32 Å². The first-order valence-electron chi connectivity index (χ1n) is 9.64. The highest BCUT2D eigenvalue weighted by Gasteiger charge is 2.18. The van der Waals surface area contributed by atoms with Gasteiger partial charge in [0.05, 0.1) is 16.6 Å². The fourth-order valence-electron chi connectivity index (χ4n) is 3.49. The summed E-state index contributed by atoms with van der Waals surface area (Å²) in [5.41, 5.74) is 3.16. The van der Waals surface area contributed by atoms with Crippen LogP contribution in [0.2, 0.25) is 5.02 Å². The third kappa shape index (κ3) is 3.98. The summed E-state index contributed by atoms with van der Waals surface area (Å²) in [7, 11) is 0. The van der Waals surface area contributed by atoms with Gasteiger partial charge in [-0.05, 0) is 49.4 Å². The lowest BCUT2D eigenvalue weighted by atomic mass is 9.98. The van der Waals surface area contributed by atoms with E-state index in [-0.39, 0.29) is 11.7 Å². The van der Waals surface area contributed by atoms with Crippen LogP contribution in [0, 0.1) is 6.92 Å². The number of fused-ring (bicyclic) bond motifs is 1. The van der Waals surface area contributed by atoms with Gasteiger partial charge in [0.1, 0.15) is 5.82 Å². The maximum absolute atomic E-state index is 12.9. The zero-order valence-corrected chi connectivity index (χ0v) is 17.2. The molecule has 4 aromatic rings. The number of para-hydroxylation sites is 2. The zero-order valence-electron chi connectivity index (χ0n) is 16.4. The summed E-state index contributed by atoms with van der Waals surface area (Å²) < 4.78 is 2.07. The number of ketones is 1. The largest absolute Gasteiger partial charge is 0.350 e. The topological polar surface area (TPSA) is 64.0 Å². The third-order valence-corrected chi connectivity index (χ3v) is 5.24. The molecule has 1 amide bonds. The van der Waals surface area contributed by atoms with Gasteiger partial charge in [-0.25, -0.2) is 4.98 Å². The number of halogens is 1. The molecule has 4 rings (SSSR count). The van der Waals surface area contributed by atoms with Crippen LogP contribution >= 0.6 is 11.6 Å². The Hall–Kier alpha value is -3.44. The number of benzene rings is 3. The lowest BCUT2D eigenvalue weighted by Crippen LogP contribution is -2.29. The third-order valence-electron chi connectivity index (χ3n) is 4.99. The average Bonchev–Trinajstić information content (AvgIpc) is 3.09. The van der Waals surface area contributed by atoms with Crippen molar-refractivity contribution >= 4 is 34.3 Å². The Kier molecular flexibility index (Phi) is 5.63. The quantitative estimate of drug-likeness (QED) is 0.464. The van der Waals surface area contributed by atoms with E-state index in [1.807, 2.05) is 31.2 Å². The van der Waals surface area contributed by atoms with Gasteiger partial charge in [-0.1, -0.05) is 41.9 Å². The second-order valence-corrected chi connectivity index (χ2v) is 7.37. The predicted octanol–water partition coefficient (Wildman–Crippen LogP) is 4.66. The molecule has 0 saturated heterocycles. The normalized spacial score (nSPS) is 10.9. The van der Waals surface area contributed by atoms with Gasteiger partial charge in [0, 0.05) is 29.2 Å². The number of imidazole rings is 1. The molecule has 1 aromatic heterocycles. The molecule has 0 spiro atoms. The van der Waals surface area contributed by atoms with Crippen molar-refractivity contribution in [1.29, 1.82) is 0 Å². The van der Waals surface area contributed by atoms with Crippen LogP contribution in [-0.4, -0.2) is 27.8 Å². The zero-order chi connectivity index (χ0) is 21.1. The van der Waals surface area contributed by atoms with E-state index in [4.69, 9.17) is 11.6 Å². The van der Waals surface area contributed by atoms with Gasteiger partial charge in [0.15, 0.2) is 5.78 Å². The molecular weight excluding hydrogens is 398 g/mol. The monoisotopic (exact) mass is 417 g/mol. The van der Waals surface area contributed by atoms with Crippen LogP contribution in [0.25, 0.3) is 11.0 Å². The Morgan fingerprint density at radius 2 is 1.60 bits per heavy atom. The van der Waals surface area contributed by atoms with Crippen LogP contribution in [0.4, 0.5) is 0 Å². The van der Waals surface area contributed by atoms with E-state index in [1.54, 1.807) is 48.5 Å². The highest BCUT2D eigenvalue weighted by molar-refractivity contribution is 6.30. The first-order valence-corrected chi connectivity index (χ1v) is 10.0. The predicted molar refractivity (Wildman–Crippen MR) is 118 cm³/mol. The molecule has 0 aliphatic rings. The molecular formula is C24H20ClN3O2. The van der Waals surface area contributed by atoms with Crippen molar-refractivity contribution in [2.75, 3.05) is 6.54 Å². The summed E-state index contributed by atoms with van der Waals surface area (Å²) in [6.45, 7) is 2.96. The molecule has 150 valence electrons. The number of aromatic nitrogens is 2. The minimum Gasteiger partial charge on any atom is -0.350 e. The van der Waals surface area contributed by atoms with Gasteiger partial charge in [-0.2, -0.15) is 0 Å². The number of carbonyl (C=O) groups is 2. The lowest BCUT2D eigenvalue weighted by molar-refractivity contribution is 0.0941. The van der Waals surface area contributed by atoms with Gasteiger partial charge in [0.25, 0.3) is 5.91 Å². The van der Waals surface area contributed by atoms with Gasteiger partial charge in [-0.3, -0.25) is 9.59 Å². The maximum Gasteiger partial charge on any atom is 0.252 e. The second-order valence-electron chi connectivity index (χ2n) is 6.94. The number of rotatable bonds is 6.